The molecule has 0 aliphatic heterocycles. The van der Waals surface area contributed by atoms with E-state index in [-0.39, 0.29) is 17.6 Å². The molecule has 0 saturated carbocycles. The Morgan fingerprint density at radius 1 is 0.750 bits per heavy atom. The number of nitrogens with one attached hydrogen (secondary N) is 1. The highest BCUT2D eigenvalue weighted by atomic mass is 32.2. The van der Waals surface area contributed by atoms with Crippen LogP contribution in [0.2, 0.25) is 0 Å². The third kappa shape index (κ3) is 20.7. The van der Waals surface area contributed by atoms with Crippen LogP contribution in [0.25, 0.3) is 0 Å². The smallest absolute Gasteiger partial charge is 0.348 e. The molecule has 2 atom stereocenters. The van der Waals surface area contributed by atoms with Crippen LogP contribution in [-0.4, -0.2) is 47.2 Å². The number of nitrogens with zero attached hydrogens (tertiary/aromatic N) is 1. The molecule has 3 N–H and O–H groups in total. The van der Waals surface area contributed by atoms with Crippen molar-refractivity contribution in [3.8, 4) is 0 Å². The molecule has 40 heavy (non-hydrogen) atoms. The van der Waals surface area contributed by atoms with Crippen molar-refractivity contribution in [2.24, 2.45) is 5.92 Å². The third-order valence-corrected chi connectivity index (χ3v) is 8.39. The summed E-state index contributed by atoms with van der Waals surface area (Å²) in [4.78, 5) is 7.69. The molecule has 0 bridgehead atoms. The number of hydrogen-bond donors (Lipinski definition) is 3. The SMILES string of the molecule is CCCCCCCCCCC(CS(=O)(=O)O)C(CCCCCCCCCC)c1ncc[nH]1.O=S(=O)(O)C(F)(F)F. The maximum absolute atomic E-state index is 11.8. The van der Waals surface area contributed by atoms with Gasteiger partial charge in [0.25, 0.3) is 10.1 Å². The summed E-state index contributed by atoms with van der Waals surface area (Å²) >= 11 is 0. The first-order valence-electron chi connectivity index (χ1n) is 14.7. The predicted molar refractivity (Wildman–Crippen MR) is 153 cm³/mol. The van der Waals surface area contributed by atoms with Gasteiger partial charge < -0.3 is 4.98 Å². The fourth-order valence-electron chi connectivity index (χ4n) is 4.79. The van der Waals surface area contributed by atoms with Crippen LogP contribution in [0.3, 0.4) is 0 Å². The van der Waals surface area contributed by atoms with Gasteiger partial charge in [-0.1, -0.05) is 117 Å². The van der Waals surface area contributed by atoms with E-state index in [1.165, 1.54) is 83.5 Å². The highest BCUT2D eigenvalue weighted by Crippen LogP contribution is 2.33. The van der Waals surface area contributed by atoms with Crippen LogP contribution < -0.4 is 0 Å². The largest absolute Gasteiger partial charge is 0.522 e. The first-order valence-corrected chi connectivity index (χ1v) is 17.8. The second-order valence-electron chi connectivity index (χ2n) is 10.5. The van der Waals surface area contributed by atoms with Crippen molar-refractivity contribution in [2.75, 3.05) is 5.75 Å². The fraction of sp³-hybridized carbons (Fsp3) is 0.889. The number of alkyl halides is 3. The van der Waals surface area contributed by atoms with E-state index in [2.05, 4.69) is 23.8 Å². The lowest BCUT2D eigenvalue weighted by atomic mass is 9.84. The molecule has 0 amide bonds. The Hall–Kier alpha value is -1.18. The summed E-state index contributed by atoms with van der Waals surface area (Å²) in [5, 5.41) is 0. The maximum Gasteiger partial charge on any atom is 0.522 e. The minimum atomic E-state index is -5.84. The summed E-state index contributed by atoms with van der Waals surface area (Å²) in [6.45, 7) is 4.48. The molecule has 0 aromatic carbocycles. The molecule has 1 aromatic heterocycles. The van der Waals surface area contributed by atoms with Crippen LogP contribution in [0, 0.1) is 5.92 Å². The van der Waals surface area contributed by atoms with Crippen molar-refractivity contribution in [2.45, 2.75) is 141 Å². The Labute approximate surface area is 239 Å². The molecule has 1 rings (SSSR count). The van der Waals surface area contributed by atoms with E-state index >= 15 is 0 Å². The first-order chi connectivity index (χ1) is 18.7. The van der Waals surface area contributed by atoms with Gasteiger partial charge in [0.2, 0.25) is 0 Å². The summed E-state index contributed by atoms with van der Waals surface area (Å²) < 4.78 is 90.7. The van der Waals surface area contributed by atoms with Gasteiger partial charge in [-0.15, -0.1) is 0 Å². The van der Waals surface area contributed by atoms with E-state index in [4.69, 9.17) is 13.0 Å². The number of aromatic nitrogens is 2. The average Bonchev–Trinajstić information content (AvgIpc) is 3.37. The molecule has 2 unspecified atom stereocenters. The van der Waals surface area contributed by atoms with Gasteiger partial charge in [0.05, 0.1) is 5.75 Å². The van der Waals surface area contributed by atoms with Crippen molar-refractivity contribution < 1.29 is 39.1 Å². The summed E-state index contributed by atoms with van der Waals surface area (Å²) in [6.07, 6.45) is 25.2. The van der Waals surface area contributed by atoms with Crippen LogP contribution in [0.1, 0.15) is 141 Å². The van der Waals surface area contributed by atoms with Crippen molar-refractivity contribution in [1.82, 2.24) is 9.97 Å². The zero-order valence-corrected chi connectivity index (χ0v) is 25.8. The zero-order chi connectivity index (χ0) is 30.5. The number of halogens is 3. The third-order valence-electron chi connectivity index (χ3n) is 6.95. The molecule has 1 heterocycles. The van der Waals surface area contributed by atoms with E-state index in [0.29, 0.717) is 0 Å². The van der Waals surface area contributed by atoms with Crippen LogP contribution in [-0.2, 0) is 20.2 Å². The molecule has 8 nitrogen and oxygen atoms in total. The predicted octanol–water partition coefficient (Wildman–Crippen LogP) is 8.45. The van der Waals surface area contributed by atoms with Gasteiger partial charge in [0.15, 0.2) is 0 Å². The topological polar surface area (TPSA) is 137 Å². The monoisotopic (exact) mass is 620 g/mol. The van der Waals surface area contributed by atoms with Crippen LogP contribution >= 0.6 is 0 Å². The van der Waals surface area contributed by atoms with Gasteiger partial charge in [-0.2, -0.15) is 30.0 Å². The molecular weight excluding hydrogens is 569 g/mol. The molecule has 0 aliphatic carbocycles. The molecule has 0 spiro atoms. The number of hydrogen-bond acceptors (Lipinski definition) is 5. The number of rotatable bonds is 22. The van der Waals surface area contributed by atoms with E-state index < -0.39 is 25.7 Å². The summed E-state index contributed by atoms with van der Waals surface area (Å²) in [7, 11) is -9.85. The van der Waals surface area contributed by atoms with Gasteiger partial charge in [-0.3, -0.25) is 9.11 Å². The second kappa shape index (κ2) is 21.5. The summed E-state index contributed by atoms with van der Waals surface area (Å²) in [5.41, 5.74) is -5.53. The van der Waals surface area contributed by atoms with Crippen molar-refractivity contribution in [3.63, 3.8) is 0 Å². The molecule has 0 saturated heterocycles. The van der Waals surface area contributed by atoms with Crippen molar-refractivity contribution in [1.29, 1.82) is 0 Å². The lowest BCUT2D eigenvalue weighted by Gasteiger charge is -2.25. The molecule has 0 radical (unpaired) electrons. The Bertz CT molecular complexity index is 940. The Morgan fingerprint density at radius 2 is 1.15 bits per heavy atom. The van der Waals surface area contributed by atoms with Crippen molar-refractivity contribution >= 4 is 20.2 Å². The number of aromatic amines is 1. The minimum absolute atomic E-state index is 0.0663. The highest BCUT2D eigenvalue weighted by molar-refractivity contribution is 7.86. The molecule has 238 valence electrons. The summed E-state index contributed by atoms with van der Waals surface area (Å²) in [5.74, 6) is 0.699. The Balaban J connectivity index is 0.00000165. The second-order valence-corrected chi connectivity index (χ2v) is 13.4. The van der Waals surface area contributed by atoms with Gasteiger partial charge in [-0.05, 0) is 18.8 Å². The van der Waals surface area contributed by atoms with Gasteiger partial charge >= 0.3 is 15.6 Å². The minimum Gasteiger partial charge on any atom is -0.348 e. The van der Waals surface area contributed by atoms with Gasteiger partial charge in [0, 0.05) is 18.3 Å². The van der Waals surface area contributed by atoms with E-state index in [1.807, 2.05) is 6.20 Å². The van der Waals surface area contributed by atoms with Crippen LogP contribution in [0.4, 0.5) is 13.2 Å². The molecule has 0 fully saturated rings. The molecule has 13 heteroatoms. The normalized spacial score (nSPS) is 14.0. The van der Waals surface area contributed by atoms with E-state index in [1.54, 1.807) is 6.20 Å². The quantitative estimate of drug-likeness (QED) is 0.0672. The standard InChI is InChI=1S/C26H50N2O3S.CHF3O3S/c1-3-5-7-9-11-13-15-17-19-24(23-32(29,30)31)25(26-27-21-22-28-26)20-18-16-14-12-10-8-6-4-2;2-1(3,4)8(5,6)7/h21-22,24-25H,3-20,23H2,1-2H3,(H,27,28)(H,29,30,31);(H,5,6,7). The molecule has 1 aromatic rings. The zero-order valence-electron chi connectivity index (χ0n) is 24.2. The Kier molecular flexibility index (Phi) is 20.9. The number of H-pyrrole nitrogens is 1. The molecular formula is C27H51F3N2O6S2. The van der Waals surface area contributed by atoms with Gasteiger partial charge in [0.1, 0.15) is 5.82 Å². The van der Waals surface area contributed by atoms with Crippen molar-refractivity contribution in [3.05, 3.63) is 18.2 Å². The van der Waals surface area contributed by atoms with E-state index in [9.17, 15) is 26.1 Å². The van der Waals surface area contributed by atoms with E-state index in [0.717, 1.165) is 37.9 Å². The number of unbranched alkanes of at least 4 members (excludes halogenated alkanes) is 14. The molecule has 0 aliphatic rings. The first kappa shape index (κ1) is 38.8. The lowest BCUT2D eigenvalue weighted by Crippen LogP contribution is -2.23. The van der Waals surface area contributed by atoms with Crippen LogP contribution in [0.15, 0.2) is 12.4 Å². The number of imidazole rings is 1. The highest BCUT2D eigenvalue weighted by Gasteiger charge is 2.44. The maximum atomic E-state index is 11.8. The summed E-state index contributed by atoms with van der Waals surface area (Å²) in [6, 6.07) is 0. The fourth-order valence-corrected chi connectivity index (χ4v) is 5.73. The Morgan fingerprint density at radius 3 is 1.50 bits per heavy atom. The van der Waals surface area contributed by atoms with Crippen LogP contribution in [0.5, 0.6) is 0 Å². The average molecular weight is 621 g/mol. The lowest BCUT2D eigenvalue weighted by molar-refractivity contribution is -0.0510. The van der Waals surface area contributed by atoms with Gasteiger partial charge in [-0.25, -0.2) is 4.98 Å².